The van der Waals surface area contributed by atoms with Crippen LogP contribution in [0.2, 0.25) is 0 Å². The molecule has 1 heterocycles. The fourth-order valence-electron chi connectivity index (χ4n) is 2.82. The second-order valence-electron chi connectivity index (χ2n) is 5.80. The molecule has 0 saturated carbocycles. The van der Waals surface area contributed by atoms with Gasteiger partial charge in [-0.25, -0.2) is 4.99 Å². The molecule has 0 bridgehead atoms. The number of benzene rings is 3. The highest BCUT2D eigenvalue weighted by molar-refractivity contribution is 6.16. The quantitative estimate of drug-likeness (QED) is 0.511. The minimum atomic E-state index is 0.0942. The van der Waals surface area contributed by atoms with Crippen LogP contribution in [0, 0.1) is 0 Å². The third kappa shape index (κ3) is 2.93. The van der Waals surface area contributed by atoms with Crippen LogP contribution >= 0.6 is 0 Å². The predicted octanol–water partition coefficient (Wildman–Crippen LogP) is 5.32. The lowest BCUT2D eigenvalue weighted by Gasteiger charge is -2.06. The van der Waals surface area contributed by atoms with Gasteiger partial charge in [0.2, 0.25) is 0 Å². The Balaban J connectivity index is 1.90. The standard InChI is InChI=1S/C22H17NO3/c1-25-17-13-11-16(12-14-17)23-20(15-7-3-2-4-8-15)22-21(24)18-9-5-6-10-19(18)26-22/h2-14,24H,1H3. The van der Waals surface area contributed by atoms with Gasteiger partial charge in [0.15, 0.2) is 11.5 Å². The summed E-state index contributed by atoms with van der Waals surface area (Å²) in [6.07, 6.45) is 0. The van der Waals surface area contributed by atoms with Crippen molar-refractivity contribution < 1.29 is 14.3 Å². The van der Waals surface area contributed by atoms with Crippen LogP contribution in [0.5, 0.6) is 11.5 Å². The molecule has 0 fully saturated rings. The summed E-state index contributed by atoms with van der Waals surface area (Å²) in [5.41, 5.74) is 2.80. The molecule has 0 unspecified atom stereocenters. The molecule has 0 saturated heterocycles. The van der Waals surface area contributed by atoms with Crippen LogP contribution in [0.3, 0.4) is 0 Å². The van der Waals surface area contributed by atoms with Gasteiger partial charge in [-0.15, -0.1) is 0 Å². The fraction of sp³-hybridized carbons (Fsp3) is 0.0455. The Morgan fingerprint density at radius 2 is 1.58 bits per heavy atom. The topological polar surface area (TPSA) is 55.0 Å². The van der Waals surface area contributed by atoms with Crippen molar-refractivity contribution in [3.8, 4) is 11.5 Å². The average molecular weight is 343 g/mol. The summed E-state index contributed by atoms with van der Waals surface area (Å²) in [7, 11) is 1.63. The van der Waals surface area contributed by atoms with Gasteiger partial charge in [0.1, 0.15) is 17.0 Å². The number of hydrogen-bond acceptors (Lipinski definition) is 4. The Labute approximate surface area is 151 Å². The summed E-state index contributed by atoms with van der Waals surface area (Å²) in [5.74, 6) is 1.21. The van der Waals surface area contributed by atoms with Gasteiger partial charge in [-0.05, 0) is 36.4 Å². The zero-order valence-electron chi connectivity index (χ0n) is 14.2. The Kier molecular flexibility index (Phi) is 4.15. The lowest BCUT2D eigenvalue weighted by atomic mass is 10.1. The normalized spacial score (nSPS) is 11.7. The molecule has 4 heteroatoms. The van der Waals surface area contributed by atoms with E-state index in [-0.39, 0.29) is 5.75 Å². The summed E-state index contributed by atoms with van der Waals surface area (Å²) >= 11 is 0. The zero-order chi connectivity index (χ0) is 17.9. The number of furan rings is 1. The molecule has 0 aliphatic carbocycles. The van der Waals surface area contributed by atoms with Crippen molar-refractivity contribution in [2.24, 2.45) is 4.99 Å². The third-order valence-electron chi connectivity index (χ3n) is 4.14. The maximum atomic E-state index is 10.7. The number of hydrogen-bond donors (Lipinski definition) is 1. The molecule has 4 rings (SSSR count). The number of methoxy groups -OCH3 is 1. The fourth-order valence-corrected chi connectivity index (χ4v) is 2.82. The van der Waals surface area contributed by atoms with E-state index >= 15 is 0 Å². The number of aliphatic imine (C=N–C) groups is 1. The molecular weight excluding hydrogens is 326 g/mol. The molecule has 1 aromatic heterocycles. The van der Waals surface area contributed by atoms with Crippen LogP contribution in [-0.4, -0.2) is 17.9 Å². The molecule has 128 valence electrons. The van der Waals surface area contributed by atoms with E-state index in [4.69, 9.17) is 14.1 Å². The lowest BCUT2D eigenvalue weighted by molar-refractivity contribution is 0.415. The van der Waals surface area contributed by atoms with E-state index < -0.39 is 0 Å². The van der Waals surface area contributed by atoms with E-state index in [1.807, 2.05) is 78.9 Å². The Morgan fingerprint density at radius 3 is 2.27 bits per heavy atom. The van der Waals surface area contributed by atoms with E-state index in [0.29, 0.717) is 22.4 Å². The van der Waals surface area contributed by atoms with Crippen molar-refractivity contribution in [1.29, 1.82) is 0 Å². The van der Waals surface area contributed by atoms with Gasteiger partial charge in [-0.1, -0.05) is 42.5 Å². The third-order valence-corrected chi connectivity index (χ3v) is 4.14. The van der Waals surface area contributed by atoms with E-state index in [1.165, 1.54) is 0 Å². The maximum Gasteiger partial charge on any atom is 0.196 e. The first-order valence-electron chi connectivity index (χ1n) is 8.25. The van der Waals surface area contributed by atoms with Gasteiger partial charge < -0.3 is 14.3 Å². The lowest BCUT2D eigenvalue weighted by Crippen LogP contribution is -2.01. The second-order valence-corrected chi connectivity index (χ2v) is 5.80. The number of fused-ring (bicyclic) bond motifs is 1. The van der Waals surface area contributed by atoms with Crippen molar-refractivity contribution in [1.82, 2.24) is 0 Å². The number of aromatic hydroxyl groups is 1. The number of ether oxygens (including phenoxy) is 1. The zero-order valence-corrected chi connectivity index (χ0v) is 14.2. The molecule has 0 atom stereocenters. The van der Waals surface area contributed by atoms with Crippen LogP contribution in [0.4, 0.5) is 5.69 Å². The number of nitrogens with zero attached hydrogens (tertiary/aromatic N) is 1. The summed E-state index contributed by atoms with van der Waals surface area (Å²) in [4.78, 5) is 4.74. The largest absolute Gasteiger partial charge is 0.504 e. The molecular formula is C22H17NO3. The maximum absolute atomic E-state index is 10.7. The molecule has 1 N–H and O–H groups in total. The van der Waals surface area contributed by atoms with Crippen molar-refractivity contribution in [2.45, 2.75) is 0 Å². The first-order chi connectivity index (χ1) is 12.8. The molecule has 0 aliphatic rings. The van der Waals surface area contributed by atoms with E-state index in [1.54, 1.807) is 7.11 Å². The molecule has 0 aliphatic heterocycles. The first kappa shape index (κ1) is 16.0. The Morgan fingerprint density at radius 1 is 0.885 bits per heavy atom. The van der Waals surface area contributed by atoms with Gasteiger partial charge in [0.05, 0.1) is 18.2 Å². The van der Waals surface area contributed by atoms with Crippen LogP contribution in [0.15, 0.2) is 88.3 Å². The van der Waals surface area contributed by atoms with Crippen LogP contribution < -0.4 is 4.74 Å². The van der Waals surface area contributed by atoms with Crippen molar-refractivity contribution in [3.05, 3.63) is 90.2 Å². The SMILES string of the molecule is COc1ccc(N=C(c2ccccc2)c2oc3ccccc3c2O)cc1. The van der Waals surface area contributed by atoms with E-state index in [0.717, 1.165) is 17.0 Å². The summed E-state index contributed by atoms with van der Waals surface area (Å²) in [6, 6.07) is 24.5. The minimum Gasteiger partial charge on any atom is -0.504 e. The summed E-state index contributed by atoms with van der Waals surface area (Å²) in [5, 5.41) is 11.4. The van der Waals surface area contributed by atoms with Crippen molar-refractivity contribution in [3.63, 3.8) is 0 Å². The summed E-state index contributed by atoms with van der Waals surface area (Å²) < 4.78 is 11.1. The van der Waals surface area contributed by atoms with Gasteiger partial charge in [-0.2, -0.15) is 0 Å². The summed E-state index contributed by atoms with van der Waals surface area (Å²) in [6.45, 7) is 0. The predicted molar refractivity (Wildman–Crippen MR) is 103 cm³/mol. The molecule has 26 heavy (non-hydrogen) atoms. The van der Waals surface area contributed by atoms with Gasteiger partial charge in [0.25, 0.3) is 0 Å². The van der Waals surface area contributed by atoms with Gasteiger partial charge in [0, 0.05) is 5.56 Å². The molecule has 3 aromatic carbocycles. The number of rotatable bonds is 4. The second kappa shape index (κ2) is 6.76. The first-order valence-corrected chi connectivity index (χ1v) is 8.25. The highest BCUT2D eigenvalue weighted by atomic mass is 16.5. The molecule has 4 nitrogen and oxygen atoms in total. The van der Waals surface area contributed by atoms with Crippen molar-refractivity contribution >= 4 is 22.4 Å². The molecule has 4 aromatic rings. The van der Waals surface area contributed by atoms with Crippen LogP contribution in [0.1, 0.15) is 11.3 Å². The number of para-hydroxylation sites is 1. The minimum absolute atomic E-state index is 0.0942. The average Bonchev–Trinajstić information content (AvgIpc) is 3.04. The monoisotopic (exact) mass is 343 g/mol. The molecule has 0 spiro atoms. The molecule has 0 amide bonds. The van der Waals surface area contributed by atoms with Crippen LogP contribution in [-0.2, 0) is 0 Å². The van der Waals surface area contributed by atoms with E-state index in [9.17, 15) is 5.11 Å². The van der Waals surface area contributed by atoms with Crippen molar-refractivity contribution in [2.75, 3.05) is 7.11 Å². The Hall–Kier alpha value is -3.53. The van der Waals surface area contributed by atoms with Gasteiger partial charge >= 0.3 is 0 Å². The molecule has 0 radical (unpaired) electrons. The highest BCUT2D eigenvalue weighted by Gasteiger charge is 2.19. The smallest absolute Gasteiger partial charge is 0.196 e. The van der Waals surface area contributed by atoms with Crippen LogP contribution in [0.25, 0.3) is 11.0 Å². The highest BCUT2D eigenvalue weighted by Crippen LogP contribution is 2.34. The van der Waals surface area contributed by atoms with E-state index in [2.05, 4.69) is 0 Å². The van der Waals surface area contributed by atoms with Gasteiger partial charge in [-0.3, -0.25) is 0 Å². The Bertz CT molecular complexity index is 1060.